The second-order valence-electron chi connectivity index (χ2n) is 5.70. The van der Waals surface area contributed by atoms with Crippen molar-refractivity contribution >= 4 is 27.5 Å². The first kappa shape index (κ1) is 17.6. The molecule has 0 aromatic heterocycles. The van der Waals surface area contributed by atoms with Gasteiger partial charge in [-0.15, -0.1) is 11.8 Å². The van der Waals surface area contributed by atoms with Gasteiger partial charge in [0.15, 0.2) is 0 Å². The summed E-state index contributed by atoms with van der Waals surface area (Å²) in [6.45, 7) is 1.51. The topological polar surface area (TPSA) is 63.7 Å². The molecule has 0 unspecified atom stereocenters. The third-order valence-corrected chi connectivity index (χ3v) is 7.15. The number of hydrogen-bond acceptors (Lipinski definition) is 5. The Labute approximate surface area is 143 Å². The number of rotatable bonds is 3. The Morgan fingerprint density at radius 2 is 1.92 bits per heavy atom. The number of alkyl halides is 2. The van der Waals surface area contributed by atoms with E-state index in [1.54, 1.807) is 11.8 Å². The molecule has 24 heavy (non-hydrogen) atoms. The van der Waals surface area contributed by atoms with Crippen molar-refractivity contribution < 1.29 is 26.7 Å². The molecule has 0 aliphatic carbocycles. The van der Waals surface area contributed by atoms with E-state index in [1.807, 2.05) is 0 Å². The van der Waals surface area contributed by atoms with Gasteiger partial charge in [-0.05, 0) is 12.1 Å². The molecule has 0 N–H and O–H groups in total. The highest BCUT2D eigenvalue weighted by molar-refractivity contribution is 8.00. The maximum atomic E-state index is 12.9. The van der Waals surface area contributed by atoms with Gasteiger partial charge in [-0.1, -0.05) is 12.1 Å². The van der Waals surface area contributed by atoms with Crippen LogP contribution in [-0.4, -0.2) is 55.4 Å². The molecule has 3 rings (SSSR count). The van der Waals surface area contributed by atoms with Crippen molar-refractivity contribution in [3.8, 4) is 0 Å². The fourth-order valence-electron chi connectivity index (χ4n) is 2.99. The molecule has 132 valence electrons. The monoisotopic (exact) mass is 377 g/mol. The summed E-state index contributed by atoms with van der Waals surface area (Å²) in [6.07, 6.45) is 1.29. The van der Waals surface area contributed by atoms with Crippen molar-refractivity contribution in [3.05, 3.63) is 29.8 Å². The van der Waals surface area contributed by atoms with Crippen molar-refractivity contribution in [2.75, 3.05) is 25.4 Å². The minimum absolute atomic E-state index is 0.200. The number of hydrogen-bond donors (Lipinski definition) is 0. The van der Waals surface area contributed by atoms with Gasteiger partial charge >= 0.3 is 5.76 Å². The molecule has 5 nitrogen and oxygen atoms in total. The standard InChI is InChI=1S/C15H17F2NO4S2/c16-14(17)24(20,21)12-4-2-1-3-11(12)13(19)18-7-5-15(6-8-18)22-9-10-23-15/h1-4,14H,5-10H2. The van der Waals surface area contributed by atoms with Gasteiger partial charge in [-0.3, -0.25) is 4.79 Å². The minimum Gasteiger partial charge on any atom is -0.363 e. The molecular formula is C15H17F2NO4S2. The van der Waals surface area contributed by atoms with E-state index in [0.717, 1.165) is 11.8 Å². The Morgan fingerprint density at radius 3 is 2.50 bits per heavy atom. The van der Waals surface area contributed by atoms with E-state index in [2.05, 4.69) is 0 Å². The normalized spacial score (nSPS) is 20.7. The second kappa shape index (κ2) is 6.61. The van der Waals surface area contributed by atoms with Crippen molar-refractivity contribution in [2.24, 2.45) is 0 Å². The first-order valence-corrected chi connectivity index (χ1v) is 10.1. The molecule has 9 heteroatoms. The fraction of sp³-hybridized carbons (Fsp3) is 0.533. The Bertz CT molecular complexity index is 723. The van der Waals surface area contributed by atoms with Gasteiger partial charge in [0, 0.05) is 31.7 Å². The predicted molar refractivity (Wildman–Crippen MR) is 85.9 cm³/mol. The molecule has 0 radical (unpaired) electrons. The molecule has 2 fully saturated rings. The molecule has 1 spiro atoms. The van der Waals surface area contributed by atoms with Crippen LogP contribution in [0.15, 0.2) is 29.2 Å². The van der Waals surface area contributed by atoms with Crippen molar-refractivity contribution in [3.63, 3.8) is 0 Å². The molecule has 2 aliphatic rings. The quantitative estimate of drug-likeness (QED) is 0.809. The van der Waals surface area contributed by atoms with Crippen LogP contribution in [0.2, 0.25) is 0 Å². The number of thioether (sulfide) groups is 1. The van der Waals surface area contributed by atoms with Crippen molar-refractivity contribution in [1.82, 2.24) is 4.90 Å². The van der Waals surface area contributed by atoms with Crippen LogP contribution >= 0.6 is 11.8 Å². The zero-order chi connectivity index (χ0) is 17.4. The third kappa shape index (κ3) is 3.16. The molecule has 0 saturated carbocycles. The highest BCUT2D eigenvalue weighted by Gasteiger charge is 2.41. The summed E-state index contributed by atoms with van der Waals surface area (Å²) in [5.41, 5.74) is -0.200. The van der Waals surface area contributed by atoms with Gasteiger partial charge in [0.1, 0.15) is 4.93 Å². The Balaban J connectivity index is 1.82. The van der Waals surface area contributed by atoms with E-state index < -0.39 is 26.4 Å². The van der Waals surface area contributed by atoms with Gasteiger partial charge < -0.3 is 9.64 Å². The van der Waals surface area contributed by atoms with Crippen LogP contribution in [0.5, 0.6) is 0 Å². The fourth-order valence-corrected chi connectivity index (χ4v) is 5.09. The van der Waals surface area contributed by atoms with Crippen LogP contribution in [0.4, 0.5) is 8.78 Å². The molecule has 2 heterocycles. The first-order chi connectivity index (χ1) is 11.4. The number of amides is 1. The number of carbonyl (C=O) groups is 1. The van der Waals surface area contributed by atoms with Crippen molar-refractivity contribution in [2.45, 2.75) is 28.4 Å². The van der Waals surface area contributed by atoms with E-state index in [4.69, 9.17) is 4.74 Å². The number of nitrogens with zero attached hydrogens (tertiary/aromatic N) is 1. The van der Waals surface area contributed by atoms with Crippen LogP contribution in [0.1, 0.15) is 23.2 Å². The second-order valence-corrected chi connectivity index (χ2v) is 9.03. The average molecular weight is 377 g/mol. The zero-order valence-electron chi connectivity index (χ0n) is 12.8. The molecule has 1 aromatic carbocycles. The summed E-state index contributed by atoms with van der Waals surface area (Å²) in [5, 5.41) is 0. The molecular weight excluding hydrogens is 360 g/mol. The Hall–Kier alpha value is -1.19. The molecule has 0 atom stereocenters. The van der Waals surface area contributed by atoms with E-state index in [1.165, 1.54) is 23.1 Å². The molecule has 0 bridgehead atoms. The van der Waals surface area contributed by atoms with Crippen molar-refractivity contribution in [1.29, 1.82) is 0 Å². The minimum atomic E-state index is -4.82. The number of piperidine rings is 1. The lowest BCUT2D eigenvalue weighted by Gasteiger charge is -2.38. The van der Waals surface area contributed by atoms with E-state index >= 15 is 0 Å². The Kier molecular flexibility index (Phi) is 4.85. The number of benzene rings is 1. The number of sulfone groups is 1. The average Bonchev–Trinajstić information content (AvgIpc) is 3.03. The maximum Gasteiger partial charge on any atom is 0.341 e. The van der Waals surface area contributed by atoms with Crippen LogP contribution < -0.4 is 0 Å². The summed E-state index contributed by atoms with van der Waals surface area (Å²) >= 11 is 1.73. The SMILES string of the molecule is O=C(c1ccccc1S(=O)(=O)C(F)F)N1CCC2(CC1)OCCS2. The summed E-state index contributed by atoms with van der Waals surface area (Å²) in [6, 6.07) is 5.14. The van der Waals surface area contributed by atoms with Gasteiger partial charge in [-0.2, -0.15) is 8.78 Å². The van der Waals surface area contributed by atoms with Gasteiger partial charge in [0.25, 0.3) is 5.91 Å². The zero-order valence-corrected chi connectivity index (χ0v) is 14.4. The number of halogens is 2. The molecule has 2 saturated heterocycles. The first-order valence-electron chi connectivity index (χ1n) is 7.54. The van der Waals surface area contributed by atoms with E-state index in [0.29, 0.717) is 32.5 Å². The van der Waals surface area contributed by atoms with Crippen LogP contribution in [0.25, 0.3) is 0 Å². The Morgan fingerprint density at radius 1 is 1.25 bits per heavy atom. The maximum absolute atomic E-state index is 12.9. The van der Waals surface area contributed by atoms with Crippen LogP contribution in [0, 0.1) is 0 Å². The molecule has 1 amide bonds. The highest BCUT2D eigenvalue weighted by Crippen LogP contribution is 2.41. The van der Waals surface area contributed by atoms with Gasteiger partial charge in [0.05, 0.1) is 17.1 Å². The summed E-state index contributed by atoms with van der Waals surface area (Å²) in [5.74, 6) is -3.17. The summed E-state index contributed by atoms with van der Waals surface area (Å²) in [4.78, 5) is 13.3. The number of likely N-dealkylation sites (tertiary alicyclic amines) is 1. The lowest BCUT2D eigenvalue weighted by molar-refractivity contribution is 0.00342. The lowest BCUT2D eigenvalue weighted by atomic mass is 10.1. The van der Waals surface area contributed by atoms with E-state index in [-0.39, 0.29) is 10.5 Å². The summed E-state index contributed by atoms with van der Waals surface area (Å²) in [7, 11) is -4.82. The molecule has 2 aliphatic heterocycles. The third-order valence-electron chi connectivity index (χ3n) is 4.28. The van der Waals surface area contributed by atoms with Crippen LogP contribution in [0.3, 0.4) is 0 Å². The number of ether oxygens (including phenoxy) is 1. The predicted octanol–water partition coefficient (Wildman–Crippen LogP) is 2.38. The smallest absolute Gasteiger partial charge is 0.341 e. The van der Waals surface area contributed by atoms with Gasteiger partial charge in [0.2, 0.25) is 9.84 Å². The van der Waals surface area contributed by atoms with E-state index in [9.17, 15) is 22.0 Å². The largest absolute Gasteiger partial charge is 0.363 e. The van der Waals surface area contributed by atoms with Crippen LogP contribution in [-0.2, 0) is 14.6 Å². The molecule has 1 aromatic rings. The number of carbonyl (C=O) groups excluding carboxylic acids is 1. The highest BCUT2D eigenvalue weighted by atomic mass is 32.2. The summed E-state index contributed by atoms with van der Waals surface area (Å²) < 4.78 is 55.1. The lowest BCUT2D eigenvalue weighted by Crippen LogP contribution is -2.45. The van der Waals surface area contributed by atoms with Gasteiger partial charge in [-0.25, -0.2) is 8.42 Å².